The molecule has 0 radical (unpaired) electrons. The molecule has 2 aromatic heterocycles. The fraction of sp³-hybridized carbons (Fsp3) is 0.0385. The maximum Gasteiger partial charge on any atom is 0.268 e. The minimum absolute atomic E-state index is 0.148. The fourth-order valence-corrected chi connectivity index (χ4v) is 3.57. The van der Waals surface area contributed by atoms with Crippen LogP contribution in [0, 0.1) is 11.3 Å². The lowest BCUT2D eigenvalue weighted by atomic mass is 9.91. The molecular weight excluding hydrogens is 398 g/mol. The highest BCUT2D eigenvalue weighted by Crippen LogP contribution is 2.30. The summed E-state index contributed by atoms with van der Waals surface area (Å²) in [4.78, 5) is 13.5. The first-order chi connectivity index (χ1) is 15.8. The number of allylic oxidation sites excluding steroid dienone is 1. The zero-order chi connectivity index (χ0) is 21.8. The Morgan fingerprint density at radius 2 is 1.44 bits per heavy atom. The van der Waals surface area contributed by atoms with Crippen LogP contribution >= 0.6 is 0 Å². The van der Waals surface area contributed by atoms with E-state index in [0.717, 1.165) is 22.2 Å². The van der Waals surface area contributed by atoms with Crippen LogP contribution in [0.25, 0.3) is 22.7 Å². The van der Waals surface area contributed by atoms with Crippen LogP contribution in [-0.4, -0.2) is 20.1 Å². The van der Waals surface area contributed by atoms with Crippen molar-refractivity contribution in [2.75, 3.05) is 0 Å². The van der Waals surface area contributed by atoms with E-state index in [1.165, 1.54) is 0 Å². The van der Waals surface area contributed by atoms with Crippen molar-refractivity contribution in [3.8, 4) is 6.07 Å². The van der Waals surface area contributed by atoms with Crippen molar-refractivity contribution in [3.63, 3.8) is 0 Å². The molecule has 0 aliphatic heterocycles. The van der Waals surface area contributed by atoms with Crippen LogP contribution < -0.4 is 0 Å². The topological polar surface area (TPSA) is 88.5 Å². The van der Waals surface area contributed by atoms with E-state index in [0.29, 0.717) is 11.5 Å². The van der Waals surface area contributed by atoms with E-state index in [1.54, 1.807) is 12.3 Å². The number of aromatic nitrogens is 4. The molecule has 2 heterocycles. The molecule has 0 spiro atoms. The van der Waals surface area contributed by atoms with Crippen LogP contribution in [0.3, 0.4) is 0 Å². The third-order valence-corrected chi connectivity index (χ3v) is 5.08. The monoisotopic (exact) mass is 415 g/mol. The maximum absolute atomic E-state index is 9.74. The van der Waals surface area contributed by atoms with Crippen LogP contribution in [0.1, 0.15) is 34.5 Å². The van der Waals surface area contributed by atoms with Crippen molar-refractivity contribution in [1.82, 2.24) is 20.1 Å². The van der Waals surface area contributed by atoms with Gasteiger partial charge >= 0.3 is 0 Å². The Balaban J connectivity index is 1.54. The molecule has 6 nitrogen and oxygen atoms in total. The SMILES string of the molecule is N#C/C(=C\c1cnc2ccccc2n1)c1nc(C(c2ccccc2)c2ccccc2)no1. The number of benzene rings is 3. The van der Waals surface area contributed by atoms with Crippen molar-refractivity contribution in [3.05, 3.63) is 120 Å². The lowest BCUT2D eigenvalue weighted by Gasteiger charge is -2.13. The van der Waals surface area contributed by atoms with Gasteiger partial charge in [-0.3, -0.25) is 4.98 Å². The number of nitrogens with zero attached hydrogens (tertiary/aromatic N) is 5. The third kappa shape index (κ3) is 3.87. The molecular formula is C26H17N5O. The number of rotatable bonds is 5. The second-order valence-corrected chi connectivity index (χ2v) is 7.17. The second-order valence-electron chi connectivity index (χ2n) is 7.17. The predicted molar refractivity (Wildman–Crippen MR) is 121 cm³/mol. The van der Waals surface area contributed by atoms with Crippen LogP contribution in [0.2, 0.25) is 0 Å². The number of fused-ring (bicyclic) bond motifs is 1. The zero-order valence-corrected chi connectivity index (χ0v) is 17.0. The summed E-state index contributed by atoms with van der Waals surface area (Å²) in [7, 11) is 0. The van der Waals surface area contributed by atoms with Crippen molar-refractivity contribution < 1.29 is 4.52 Å². The van der Waals surface area contributed by atoms with Gasteiger partial charge in [0.1, 0.15) is 11.6 Å². The summed E-state index contributed by atoms with van der Waals surface area (Å²) in [6.45, 7) is 0. The molecule has 0 saturated carbocycles. The number of hydrogen-bond acceptors (Lipinski definition) is 6. The van der Waals surface area contributed by atoms with Gasteiger partial charge in [-0.25, -0.2) is 4.98 Å². The van der Waals surface area contributed by atoms with E-state index < -0.39 is 0 Å². The average molecular weight is 415 g/mol. The molecule has 152 valence electrons. The van der Waals surface area contributed by atoms with Crippen LogP contribution in [0.5, 0.6) is 0 Å². The molecule has 0 saturated heterocycles. The smallest absolute Gasteiger partial charge is 0.268 e. The highest BCUT2D eigenvalue weighted by molar-refractivity contribution is 5.86. The molecule has 3 aromatic carbocycles. The van der Waals surface area contributed by atoms with E-state index in [2.05, 4.69) is 26.2 Å². The first kappa shape index (κ1) is 19.3. The Hall–Kier alpha value is -4.63. The van der Waals surface area contributed by atoms with Crippen molar-refractivity contribution >= 4 is 22.7 Å². The van der Waals surface area contributed by atoms with Crippen LogP contribution in [0.4, 0.5) is 0 Å². The number of para-hydroxylation sites is 2. The molecule has 32 heavy (non-hydrogen) atoms. The fourth-order valence-electron chi connectivity index (χ4n) is 3.57. The molecule has 0 aliphatic carbocycles. The molecule has 6 heteroatoms. The highest BCUT2D eigenvalue weighted by atomic mass is 16.5. The molecule has 5 aromatic rings. The molecule has 0 N–H and O–H groups in total. The van der Waals surface area contributed by atoms with Gasteiger partial charge in [0, 0.05) is 0 Å². The molecule has 0 bridgehead atoms. The predicted octanol–water partition coefficient (Wildman–Crippen LogP) is 5.26. The van der Waals surface area contributed by atoms with Crippen LogP contribution in [0.15, 0.2) is 95.6 Å². The van der Waals surface area contributed by atoms with Crippen molar-refractivity contribution in [2.24, 2.45) is 0 Å². The van der Waals surface area contributed by atoms with Gasteiger partial charge in [-0.1, -0.05) is 78.0 Å². The molecule has 0 atom stereocenters. The lowest BCUT2D eigenvalue weighted by Crippen LogP contribution is -2.05. The Morgan fingerprint density at radius 3 is 2.09 bits per heavy atom. The number of nitriles is 1. The van der Waals surface area contributed by atoms with Gasteiger partial charge < -0.3 is 4.52 Å². The first-order valence-corrected chi connectivity index (χ1v) is 10.1. The summed E-state index contributed by atoms with van der Waals surface area (Å²) in [6.07, 6.45) is 3.23. The lowest BCUT2D eigenvalue weighted by molar-refractivity contribution is 0.401. The molecule has 5 rings (SSSR count). The summed E-state index contributed by atoms with van der Waals surface area (Å²) < 4.78 is 5.50. The van der Waals surface area contributed by atoms with Gasteiger partial charge in [0.2, 0.25) is 0 Å². The summed E-state index contributed by atoms with van der Waals surface area (Å²) >= 11 is 0. The van der Waals surface area contributed by atoms with Crippen molar-refractivity contribution in [1.29, 1.82) is 5.26 Å². The Morgan fingerprint density at radius 1 is 0.812 bits per heavy atom. The number of hydrogen-bond donors (Lipinski definition) is 0. The summed E-state index contributed by atoms with van der Waals surface area (Å²) in [5.41, 5.74) is 4.38. The largest absolute Gasteiger partial charge is 0.333 e. The molecule has 0 aliphatic rings. The Kier molecular flexibility index (Phi) is 5.21. The summed E-state index contributed by atoms with van der Waals surface area (Å²) in [6, 6.07) is 29.7. The van der Waals surface area contributed by atoms with Crippen LogP contribution in [-0.2, 0) is 0 Å². The maximum atomic E-state index is 9.74. The van der Waals surface area contributed by atoms with Gasteiger partial charge in [-0.2, -0.15) is 10.2 Å². The first-order valence-electron chi connectivity index (χ1n) is 10.1. The minimum Gasteiger partial charge on any atom is -0.333 e. The van der Waals surface area contributed by atoms with Crippen molar-refractivity contribution in [2.45, 2.75) is 5.92 Å². The normalized spacial score (nSPS) is 11.6. The Bertz CT molecular complexity index is 1400. The van der Waals surface area contributed by atoms with Gasteiger partial charge in [-0.15, -0.1) is 0 Å². The zero-order valence-electron chi connectivity index (χ0n) is 17.0. The third-order valence-electron chi connectivity index (χ3n) is 5.08. The molecule has 0 unspecified atom stereocenters. The summed E-state index contributed by atoms with van der Waals surface area (Å²) in [5, 5.41) is 14.0. The molecule has 0 fully saturated rings. The van der Waals surface area contributed by atoms with Gasteiger partial charge in [-0.05, 0) is 29.3 Å². The van der Waals surface area contributed by atoms with Gasteiger partial charge in [0.25, 0.3) is 5.89 Å². The van der Waals surface area contributed by atoms with E-state index in [4.69, 9.17) is 4.52 Å². The van der Waals surface area contributed by atoms with E-state index >= 15 is 0 Å². The highest BCUT2D eigenvalue weighted by Gasteiger charge is 2.23. The minimum atomic E-state index is -0.213. The van der Waals surface area contributed by atoms with E-state index in [-0.39, 0.29) is 17.4 Å². The average Bonchev–Trinajstić information content (AvgIpc) is 3.33. The summed E-state index contributed by atoms with van der Waals surface area (Å²) in [5.74, 6) is 0.424. The van der Waals surface area contributed by atoms with E-state index in [1.807, 2.05) is 84.9 Å². The van der Waals surface area contributed by atoms with Gasteiger partial charge in [0.05, 0.1) is 28.8 Å². The van der Waals surface area contributed by atoms with E-state index in [9.17, 15) is 5.26 Å². The van der Waals surface area contributed by atoms with Gasteiger partial charge in [0.15, 0.2) is 5.82 Å². The standard InChI is InChI=1S/C26H17N5O/c27-16-20(15-21-17-28-22-13-7-8-14-23(22)29-21)26-30-25(31-32-26)24(18-9-3-1-4-10-18)19-11-5-2-6-12-19/h1-15,17,24H/b20-15+. The quantitative estimate of drug-likeness (QED) is 0.364. The second kappa shape index (κ2) is 8.62. The molecule has 0 amide bonds. The Labute approximate surface area is 184 Å².